The van der Waals surface area contributed by atoms with Gasteiger partial charge in [-0.15, -0.1) is 24.8 Å². The fourth-order valence-corrected chi connectivity index (χ4v) is 2.42. The molecule has 0 aromatic carbocycles. The number of hydrogen-bond acceptors (Lipinski definition) is 4. The summed E-state index contributed by atoms with van der Waals surface area (Å²) in [6.45, 7) is 1.74. The number of carbonyl (C=O) groups is 1. The summed E-state index contributed by atoms with van der Waals surface area (Å²) in [4.78, 5) is 14.0. The van der Waals surface area contributed by atoms with Crippen molar-refractivity contribution >= 4 is 30.7 Å². The number of nitrogens with zero attached hydrogens (tertiary/aromatic N) is 1. The molecule has 2 atom stereocenters. The first-order chi connectivity index (χ1) is 8.63. The van der Waals surface area contributed by atoms with E-state index in [2.05, 4.69) is 29.6 Å². The van der Waals surface area contributed by atoms with Crippen LogP contribution in [0.25, 0.3) is 0 Å². The molecule has 1 fully saturated rings. The Labute approximate surface area is 135 Å². The second-order valence-electron chi connectivity index (χ2n) is 5.22. The third kappa shape index (κ3) is 8.97. The third-order valence-corrected chi connectivity index (χ3v) is 3.51. The van der Waals surface area contributed by atoms with Crippen molar-refractivity contribution in [3.8, 4) is 0 Å². The van der Waals surface area contributed by atoms with Crippen molar-refractivity contribution < 1.29 is 9.53 Å². The predicted molar refractivity (Wildman–Crippen MR) is 87.1 cm³/mol. The number of halogens is 2. The van der Waals surface area contributed by atoms with Gasteiger partial charge in [-0.1, -0.05) is 0 Å². The Morgan fingerprint density at radius 1 is 1.30 bits per heavy atom. The molecule has 1 aliphatic rings. The van der Waals surface area contributed by atoms with Crippen LogP contribution in [0.2, 0.25) is 0 Å². The second kappa shape index (κ2) is 12.7. The molecule has 0 spiro atoms. The summed E-state index contributed by atoms with van der Waals surface area (Å²) in [7, 11) is 5.88. The van der Waals surface area contributed by atoms with Gasteiger partial charge in [0.05, 0.1) is 13.2 Å². The van der Waals surface area contributed by atoms with E-state index in [1.54, 1.807) is 7.11 Å². The van der Waals surface area contributed by atoms with E-state index in [1.807, 2.05) is 0 Å². The van der Waals surface area contributed by atoms with Gasteiger partial charge in [-0.2, -0.15) is 0 Å². The second-order valence-corrected chi connectivity index (χ2v) is 5.22. The number of carbonyl (C=O) groups excluding carboxylic acids is 1. The molecule has 7 heteroatoms. The smallest absolute Gasteiger partial charge is 0.234 e. The van der Waals surface area contributed by atoms with Gasteiger partial charge in [0.2, 0.25) is 5.91 Å². The van der Waals surface area contributed by atoms with Gasteiger partial charge in [-0.25, -0.2) is 0 Å². The molecule has 1 amide bonds. The fourth-order valence-electron chi connectivity index (χ4n) is 2.42. The lowest BCUT2D eigenvalue weighted by molar-refractivity contribution is -0.121. The van der Waals surface area contributed by atoms with E-state index in [0.29, 0.717) is 25.2 Å². The van der Waals surface area contributed by atoms with Crippen molar-refractivity contribution in [1.29, 1.82) is 0 Å². The summed E-state index contributed by atoms with van der Waals surface area (Å²) in [5.74, 6) is 0.0931. The quantitative estimate of drug-likeness (QED) is 0.686. The van der Waals surface area contributed by atoms with E-state index in [1.165, 1.54) is 12.8 Å². The molecule has 1 saturated carbocycles. The topological polar surface area (TPSA) is 53.6 Å². The van der Waals surface area contributed by atoms with Crippen molar-refractivity contribution in [3.05, 3.63) is 0 Å². The SMILES string of the molecule is COCCNCC(=O)NC1CCCC(N(C)C)C1.Cl.Cl. The molecule has 1 aliphatic carbocycles. The molecule has 0 aromatic rings. The zero-order chi connectivity index (χ0) is 13.4. The van der Waals surface area contributed by atoms with Crippen LogP contribution in [0.1, 0.15) is 25.7 Å². The Hall–Kier alpha value is -0.0700. The lowest BCUT2D eigenvalue weighted by Crippen LogP contribution is -2.46. The molecule has 5 nitrogen and oxygen atoms in total. The van der Waals surface area contributed by atoms with Crippen LogP contribution in [-0.4, -0.2) is 63.8 Å². The molecule has 2 unspecified atom stereocenters. The largest absolute Gasteiger partial charge is 0.383 e. The minimum Gasteiger partial charge on any atom is -0.383 e. The normalized spacial score (nSPS) is 21.8. The number of rotatable bonds is 7. The van der Waals surface area contributed by atoms with E-state index < -0.39 is 0 Å². The fraction of sp³-hybridized carbons (Fsp3) is 0.923. The Balaban J connectivity index is 0. The predicted octanol–water partition coefficient (Wildman–Crippen LogP) is 1.05. The molecule has 1 rings (SSSR count). The molecular formula is C13H29Cl2N3O2. The average molecular weight is 330 g/mol. The Morgan fingerprint density at radius 2 is 2.00 bits per heavy atom. The molecule has 0 aliphatic heterocycles. The van der Waals surface area contributed by atoms with E-state index >= 15 is 0 Å². The van der Waals surface area contributed by atoms with Gasteiger partial charge in [0.1, 0.15) is 0 Å². The Kier molecular flexibility index (Phi) is 14.1. The van der Waals surface area contributed by atoms with Crippen LogP contribution < -0.4 is 10.6 Å². The first kappa shape index (κ1) is 22.2. The summed E-state index contributed by atoms with van der Waals surface area (Å²) < 4.78 is 4.91. The van der Waals surface area contributed by atoms with Crippen LogP contribution >= 0.6 is 24.8 Å². The number of methoxy groups -OCH3 is 1. The first-order valence-corrected chi connectivity index (χ1v) is 6.79. The van der Waals surface area contributed by atoms with E-state index in [9.17, 15) is 4.79 Å². The van der Waals surface area contributed by atoms with Crippen molar-refractivity contribution in [1.82, 2.24) is 15.5 Å². The standard InChI is InChI=1S/C13H27N3O2.2ClH/c1-16(2)12-6-4-5-11(9-12)15-13(17)10-14-7-8-18-3;;/h11-12,14H,4-10H2,1-3H3,(H,15,17);2*1H. The first-order valence-electron chi connectivity index (χ1n) is 6.79. The highest BCUT2D eigenvalue weighted by Gasteiger charge is 2.24. The number of hydrogen-bond donors (Lipinski definition) is 2. The van der Waals surface area contributed by atoms with Gasteiger partial charge < -0.3 is 20.3 Å². The van der Waals surface area contributed by atoms with Gasteiger partial charge in [0, 0.05) is 25.7 Å². The van der Waals surface area contributed by atoms with Gasteiger partial charge in [-0.05, 0) is 39.8 Å². The van der Waals surface area contributed by atoms with Crippen molar-refractivity contribution in [2.24, 2.45) is 0 Å². The summed E-state index contributed by atoms with van der Waals surface area (Å²) in [5, 5.41) is 6.17. The molecule has 0 saturated heterocycles. The molecule has 122 valence electrons. The minimum atomic E-state index is 0. The highest BCUT2D eigenvalue weighted by molar-refractivity contribution is 5.85. The van der Waals surface area contributed by atoms with E-state index in [4.69, 9.17) is 4.74 Å². The van der Waals surface area contributed by atoms with Crippen LogP contribution in [0.15, 0.2) is 0 Å². The lowest BCUT2D eigenvalue weighted by Gasteiger charge is -2.33. The number of amides is 1. The van der Waals surface area contributed by atoms with Gasteiger partial charge in [0.25, 0.3) is 0 Å². The molecule has 20 heavy (non-hydrogen) atoms. The van der Waals surface area contributed by atoms with Crippen molar-refractivity contribution in [3.63, 3.8) is 0 Å². The van der Waals surface area contributed by atoms with Crippen molar-refractivity contribution in [2.45, 2.75) is 37.8 Å². The summed E-state index contributed by atoms with van der Waals surface area (Å²) in [6.07, 6.45) is 4.61. The zero-order valence-electron chi connectivity index (χ0n) is 12.7. The van der Waals surface area contributed by atoms with Gasteiger partial charge >= 0.3 is 0 Å². The molecule has 0 radical (unpaired) electrons. The third-order valence-electron chi connectivity index (χ3n) is 3.51. The van der Waals surface area contributed by atoms with Gasteiger partial charge in [0.15, 0.2) is 0 Å². The molecule has 0 bridgehead atoms. The zero-order valence-corrected chi connectivity index (χ0v) is 14.3. The molecule has 0 heterocycles. The summed E-state index contributed by atoms with van der Waals surface area (Å²) in [6, 6.07) is 0.938. The van der Waals surface area contributed by atoms with Gasteiger partial charge in [-0.3, -0.25) is 4.79 Å². The molecular weight excluding hydrogens is 301 g/mol. The van der Waals surface area contributed by atoms with E-state index in [0.717, 1.165) is 19.4 Å². The maximum atomic E-state index is 11.7. The van der Waals surface area contributed by atoms with Crippen LogP contribution in [-0.2, 0) is 9.53 Å². The lowest BCUT2D eigenvalue weighted by atomic mass is 9.90. The maximum Gasteiger partial charge on any atom is 0.234 e. The van der Waals surface area contributed by atoms with Crippen molar-refractivity contribution in [2.75, 3.05) is 40.9 Å². The van der Waals surface area contributed by atoms with Crippen LogP contribution in [0, 0.1) is 0 Å². The van der Waals surface area contributed by atoms with E-state index in [-0.39, 0.29) is 30.7 Å². The minimum absolute atomic E-state index is 0. The molecule has 2 N–H and O–H groups in total. The van der Waals surface area contributed by atoms with Crippen LogP contribution in [0.3, 0.4) is 0 Å². The molecule has 0 aromatic heterocycles. The highest BCUT2D eigenvalue weighted by Crippen LogP contribution is 2.21. The highest BCUT2D eigenvalue weighted by atomic mass is 35.5. The summed E-state index contributed by atoms with van der Waals surface area (Å²) in [5.41, 5.74) is 0. The number of nitrogens with one attached hydrogen (secondary N) is 2. The number of ether oxygens (including phenoxy) is 1. The van der Waals surface area contributed by atoms with Crippen LogP contribution in [0.4, 0.5) is 0 Å². The maximum absolute atomic E-state index is 11.7. The Bertz CT molecular complexity index is 256. The van der Waals surface area contributed by atoms with Crippen LogP contribution in [0.5, 0.6) is 0 Å². The Morgan fingerprint density at radius 3 is 2.60 bits per heavy atom. The average Bonchev–Trinajstić information content (AvgIpc) is 2.35. The monoisotopic (exact) mass is 329 g/mol. The summed E-state index contributed by atoms with van der Waals surface area (Å²) >= 11 is 0.